The van der Waals surface area contributed by atoms with Crippen LogP contribution in [0.1, 0.15) is 19.4 Å². The van der Waals surface area contributed by atoms with Gasteiger partial charge in [0.2, 0.25) is 0 Å². The van der Waals surface area contributed by atoms with Gasteiger partial charge in [-0.2, -0.15) is 0 Å². The number of hydrogen-bond acceptors (Lipinski definition) is 3. The first-order chi connectivity index (χ1) is 10.9. The summed E-state index contributed by atoms with van der Waals surface area (Å²) in [6, 6.07) is 14.8. The number of benzene rings is 2. The van der Waals surface area contributed by atoms with E-state index in [2.05, 4.69) is 4.98 Å². The number of aromatic nitrogens is 1. The summed E-state index contributed by atoms with van der Waals surface area (Å²) in [7, 11) is 1.59. The average Bonchev–Trinajstić information content (AvgIpc) is 2.53. The van der Waals surface area contributed by atoms with Gasteiger partial charge in [0.1, 0.15) is 5.75 Å². The Bertz CT molecular complexity index is 903. The van der Waals surface area contributed by atoms with Crippen molar-refractivity contribution in [3.63, 3.8) is 0 Å². The molecule has 2 aromatic carbocycles. The van der Waals surface area contributed by atoms with Crippen LogP contribution in [0.3, 0.4) is 0 Å². The topological polar surface area (TPSA) is 62.3 Å². The van der Waals surface area contributed by atoms with Gasteiger partial charge in [-0.05, 0) is 43.2 Å². The van der Waals surface area contributed by atoms with Crippen molar-refractivity contribution in [3.05, 3.63) is 64.4 Å². The number of hydrogen-bond donors (Lipinski definition) is 2. The van der Waals surface area contributed by atoms with Crippen molar-refractivity contribution in [2.75, 3.05) is 7.11 Å². The zero-order valence-electron chi connectivity index (χ0n) is 13.4. The summed E-state index contributed by atoms with van der Waals surface area (Å²) in [5.74, 6) is 0.669. The van der Waals surface area contributed by atoms with E-state index < -0.39 is 5.60 Å². The van der Waals surface area contributed by atoms with Crippen LogP contribution >= 0.6 is 0 Å². The van der Waals surface area contributed by atoms with Gasteiger partial charge in [-0.3, -0.25) is 4.79 Å². The molecular weight excluding hydrogens is 290 g/mol. The highest BCUT2D eigenvalue weighted by Crippen LogP contribution is 2.28. The van der Waals surface area contributed by atoms with E-state index in [0.717, 1.165) is 16.5 Å². The molecule has 2 N–H and O–H groups in total. The normalized spacial score (nSPS) is 11.7. The lowest BCUT2D eigenvalue weighted by atomic mass is 9.96. The van der Waals surface area contributed by atoms with Gasteiger partial charge in [0.25, 0.3) is 5.56 Å². The molecule has 0 atom stereocenters. The third kappa shape index (κ3) is 2.85. The van der Waals surface area contributed by atoms with Crippen LogP contribution < -0.4 is 10.3 Å². The Balaban J connectivity index is 2.15. The van der Waals surface area contributed by atoms with E-state index in [9.17, 15) is 9.90 Å². The van der Waals surface area contributed by atoms with E-state index >= 15 is 0 Å². The Kier molecular flexibility index (Phi) is 3.70. The lowest BCUT2D eigenvalue weighted by Crippen LogP contribution is -2.15. The van der Waals surface area contributed by atoms with E-state index in [1.807, 2.05) is 36.4 Å². The summed E-state index contributed by atoms with van der Waals surface area (Å²) >= 11 is 0. The fourth-order valence-corrected chi connectivity index (χ4v) is 2.65. The molecule has 4 nitrogen and oxygen atoms in total. The van der Waals surface area contributed by atoms with Gasteiger partial charge in [-0.1, -0.05) is 30.3 Å². The van der Waals surface area contributed by atoms with E-state index in [0.29, 0.717) is 16.8 Å². The molecule has 1 aromatic heterocycles. The molecule has 23 heavy (non-hydrogen) atoms. The maximum Gasteiger partial charge on any atom is 0.256 e. The highest BCUT2D eigenvalue weighted by Gasteiger charge is 2.15. The summed E-state index contributed by atoms with van der Waals surface area (Å²) in [5.41, 5.74) is 1.38. The van der Waals surface area contributed by atoms with Gasteiger partial charge in [-0.15, -0.1) is 0 Å². The van der Waals surface area contributed by atoms with Gasteiger partial charge < -0.3 is 14.8 Å². The summed E-state index contributed by atoms with van der Waals surface area (Å²) in [4.78, 5) is 15.2. The Morgan fingerprint density at radius 2 is 1.74 bits per heavy atom. The third-order valence-electron chi connectivity index (χ3n) is 3.97. The first-order valence-corrected chi connectivity index (χ1v) is 7.43. The Hall–Kier alpha value is -2.59. The Morgan fingerprint density at radius 1 is 1.04 bits per heavy atom. The number of rotatable bonds is 3. The quantitative estimate of drug-likeness (QED) is 0.779. The highest BCUT2D eigenvalue weighted by molar-refractivity contribution is 5.90. The van der Waals surface area contributed by atoms with Gasteiger partial charge in [0, 0.05) is 11.1 Å². The summed E-state index contributed by atoms with van der Waals surface area (Å²) in [6.45, 7) is 3.48. The molecule has 0 aliphatic carbocycles. The molecule has 118 valence electrons. The summed E-state index contributed by atoms with van der Waals surface area (Å²) < 4.78 is 5.35. The van der Waals surface area contributed by atoms with Crippen molar-refractivity contribution in [2.45, 2.75) is 19.4 Å². The molecule has 3 aromatic rings. The molecule has 0 saturated carbocycles. The maximum absolute atomic E-state index is 12.3. The second-order valence-electron chi connectivity index (χ2n) is 6.07. The van der Waals surface area contributed by atoms with Crippen LogP contribution in [0, 0.1) is 0 Å². The largest absolute Gasteiger partial charge is 0.496 e. The first kappa shape index (κ1) is 15.3. The molecular formula is C19H19NO3. The van der Waals surface area contributed by atoms with Crippen LogP contribution in [0.15, 0.2) is 53.3 Å². The van der Waals surface area contributed by atoms with Crippen LogP contribution in [0.4, 0.5) is 0 Å². The number of aliphatic hydroxyl groups is 1. The maximum atomic E-state index is 12.3. The molecule has 0 bridgehead atoms. The minimum Gasteiger partial charge on any atom is -0.496 e. The number of ether oxygens (including phenoxy) is 1. The molecule has 0 amide bonds. The first-order valence-electron chi connectivity index (χ1n) is 7.43. The zero-order valence-corrected chi connectivity index (χ0v) is 13.4. The average molecular weight is 309 g/mol. The van der Waals surface area contributed by atoms with E-state index in [1.54, 1.807) is 33.1 Å². The van der Waals surface area contributed by atoms with Crippen LogP contribution in [0.5, 0.6) is 5.75 Å². The fraction of sp³-hybridized carbons (Fsp3) is 0.211. The molecule has 3 rings (SSSR count). The molecule has 0 aliphatic heterocycles. The minimum atomic E-state index is -0.890. The van der Waals surface area contributed by atoms with Crippen LogP contribution in [0.2, 0.25) is 0 Å². The lowest BCUT2D eigenvalue weighted by molar-refractivity contribution is 0.0786. The second-order valence-corrected chi connectivity index (χ2v) is 6.07. The Labute approximate surface area is 134 Å². The molecule has 0 fully saturated rings. The number of pyridine rings is 1. The van der Waals surface area contributed by atoms with Crippen molar-refractivity contribution >= 4 is 10.8 Å². The zero-order chi connectivity index (χ0) is 16.6. The van der Waals surface area contributed by atoms with Crippen molar-refractivity contribution in [1.29, 1.82) is 0 Å². The minimum absolute atomic E-state index is 0.150. The number of nitrogens with one attached hydrogen (secondary N) is 1. The van der Waals surface area contributed by atoms with Gasteiger partial charge in [0.15, 0.2) is 0 Å². The fourth-order valence-electron chi connectivity index (χ4n) is 2.65. The number of H-pyrrole nitrogens is 1. The third-order valence-corrected chi connectivity index (χ3v) is 3.97. The molecule has 0 spiro atoms. The molecule has 0 aliphatic rings. The van der Waals surface area contributed by atoms with Gasteiger partial charge >= 0.3 is 0 Å². The van der Waals surface area contributed by atoms with E-state index in [-0.39, 0.29) is 5.56 Å². The lowest BCUT2D eigenvalue weighted by Gasteiger charge is -2.18. The predicted octanol–water partition coefficient (Wildman–Crippen LogP) is 3.43. The number of aromatic amines is 1. The standard InChI is InChI=1S/C19H19NO3/c1-19(2,22)13-9-7-12(8-10-13)16-11-15-14(18(21)20-16)5-4-6-17(15)23-3/h4-11,22H,1-3H3,(H,20,21). The molecule has 4 heteroatoms. The predicted molar refractivity (Wildman–Crippen MR) is 91.8 cm³/mol. The highest BCUT2D eigenvalue weighted by atomic mass is 16.5. The van der Waals surface area contributed by atoms with E-state index in [1.165, 1.54) is 0 Å². The number of fused-ring (bicyclic) bond motifs is 1. The van der Waals surface area contributed by atoms with Gasteiger partial charge in [0.05, 0.1) is 18.1 Å². The molecule has 1 heterocycles. The summed E-state index contributed by atoms with van der Waals surface area (Å²) in [6.07, 6.45) is 0. The van der Waals surface area contributed by atoms with Crippen LogP contribution in [0.25, 0.3) is 22.0 Å². The monoisotopic (exact) mass is 309 g/mol. The summed E-state index contributed by atoms with van der Waals surface area (Å²) in [5, 5.41) is 11.4. The van der Waals surface area contributed by atoms with E-state index in [4.69, 9.17) is 4.74 Å². The SMILES string of the molecule is COc1cccc2c(=O)[nH]c(-c3ccc(C(C)(C)O)cc3)cc12. The Morgan fingerprint density at radius 3 is 2.35 bits per heavy atom. The van der Waals surface area contributed by atoms with Crippen molar-refractivity contribution < 1.29 is 9.84 Å². The molecule has 0 unspecified atom stereocenters. The molecule has 0 radical (unpaired) electrons. The molecule has 0 saturated heterocycles. The smallest absolute Gasteiger partial charge is 0.256 e. The van der Waals surface area contributed by atoms with Crippen LogP contribution in [-0.4, -0.2) is 17.2 Å². The van der Waals surface area contributed by atoms with Crippen molar-refractivity contribution in [3.8, 4) is 17.0 Å². The van der Waals surface area contributed by atoms with Crippen LogP contribution in [-0.2, 0) is 5.60 Å². The second kappa shape index (κ2) is 5.56. The van der Waals surface area contributed by atoms with Crippen molar-refractivity contribution in [2.24, 2.45) is 0 Å². The number of methoxy groups -OCH3 is 1. The van der Waals surface area contributed by atoms with Gasteiger partial charge in [-0.25, -0.2) is 0 Å². The van der Waals surface area contributed by atoms with Crippen molar-refractivity contribution in [1.82, 2.24) is 4.98 Å².